The van der Waals surface area contributed by atoms with Crippen LogP contribution >= 0.6 is 0 Å². The number of anilines is 1. The van der Waals surface area contributed by atoms with Gasteiger partial charge in [-0.1, -0.05) is 0 Å². The average Bonchev–Trinajstić information content (AvgIpc) is 2.64. The van der Waals surface area contributed by atoms with Crippen molar-refractivity contribution in [1.29, 1.82) is 0 Å². The SMILES string of the molecule is CCn1cc(C)nc1NCCN(C(C)C)C(C)C. The highest BCUT2D eigenvalue weighted by molar-refractivity contribution is 5.28. The van der Waals surface area contributed by atoms with Crippen molar-refractivity contribution < 1.29 is 0 Å². The predicted molar refractivity (Wildman–Crippen MR) is 78.1 cm³/mol. The van der Waals surface area contributed by atoms with Crippen LogP contribution in [0.15, 0.2) is 6.20 Å². The third-order valence-corrected chi connectivity index (χ3v) is 3.22. The maximum absolute atomic E-state index is 4.50. The summed E-state index contributed by atoms with van der Waals surface area (Å²) < 4.78 is 2.16. The number of hydrogen-bond acceptors (Lipinski definition) is 3. The van der Waals surface area contributed by atoms with Crippen molar-refractivity contribution in [2.75, 3.05) is 18.4 Å². The number of aryl methyl sites for hydroxylation is 2. The molecule has 0 aromatic carbocycles. The molecule has 0 saturated heterocycles. The second-order valence-electron chi connectivity index (χ2n) is 5.34. The summed E-state index contributed by atoms with van der Waals surface area (Å²) in [6.45, 7) is 16.1. The Kier molecular flexibility index (Phi) is 5.66. The van der Waals surface area contributed by atoms with Gasteiger partial charge in [0.25, 0.3) is 0 Å². The lowest BCUT2D eigenvalue weighted by molar-refractivity contribution is 0.182. The van der Waals surface area contributed by atoms with E-state index in [0.717, 1.165) is 31.3 Å². The molecule has 1 rings (SSSR count). The van der Waals surface area contributed by atoms with Crippen molar-refractivity contribution in [1.82, 2.24) is 14.5 Å². The van der Waals surface area contributed by atoms with Crippen molar-refractivity contribution in [3.05, 3.63) is 11.9 Å². The predicted octanol–water partition coefficient (Wildman–Crippen LogP) is 2.74. The molecule has 104 valence electrons. The standard InChI is InChI=1S/C14H28N4/c1-7-17-10-13(6)16-14(17)15-8-9-18(11(2)3)12(4)5/h10-12H,7-9H2,1-6H3,(H,15,16). The van der Waals surface area contributed by atoms with E-state index in [1.807, 2.05) is 6.92 Å². The molecular formula is C14H28N4. The van der Waals surface area contributed by atoms with Crippen LogP contribution < -0.4 is 5.32 Å². The Bertz CT molecular complexity index is 347. The number of hydrogen-bond donors (Lipinski definition) is 1. The van der Waals surface area contributed by atoms with Crippen LogP contribution in [0, 0.1) is 6.92 Å². The minimum Gasteiger partial charge on any atom is -0.354 e. The minimum absolute atomic E-state index is 0.583. The zero-order valence-corrected chi connectivity index (χ0v) is 12.7. The highest BCUT2D eigenvalue weighted by Gasteiger charge is 2.12. The maximum Gasteiger partial charge on any atom is 0.203 e. The van der Waals surface area contributed by atoms with Gasteiger partial charge in [-0.05, 0) is 41.5 Å². The molecule has 0 aliphatic carbocycles. The van der Waals surface area contributed by atoms with Crippen LogP contribution in [0.2, 0.25) is 0 Å². The van der Waals surface area contributed by atoms with Crippen molar-refractivity contribution in [2.45, 2.75) is 60.2 Å². The fourth-order valence-corrected chi connectivity index (χ4v) is 2.34. The average molecular weight is 252 g/mol. The Hall–Kier alpha value is -1.03. The third kappa shape index (κ3) is 4.02. The van der Waals surface area contributed by atoms with Gasteiger partial charge in [0, 0.05) is 37.9 Å². The van der Waals surface area contributed by atoms with Gasteiger partial charge in [0.15, 0.2) is 0 Å². The normalized spacial score (nSPS) is 11.8. The van der Waals surface area contributed by atoms with Crippen LogP contribution in [-0.4, -0.2) is 39.6 Å². The lowest BCUT2D eigenvalue weighted by Gasteiger charge is -2.30. The number of imidazole rings is 1. The van der Waals surface area contributed by atoms with Crippen molar-refractivity contribution in [3.63, 3.8) is 0 Å². The Labute approximate surface area is 111 Å². The Balaban J connectivity index is 2.49. The lowest BCUT2D eigenvalue weighted by atomic mass is 10.2. The molecular weight excluding hydrogens is 224 g/mol. The summed E-state index contributed by atoms with van der Waals surface area (Å²) in [6.07, 6.45) is 2.09. The molecule has 0 radical (unpaired) electrons. The molecule has 0 fully saturated rings. The molecule has 0 saturated carbocycles. The Morgan fingerprint density at radius 2 is 1.89 bits per heavy atom. The largest absolute Gasteiger partial charge is 0.354 e. The molecule has 0 unspecified atom stereocenters. The fraction of sp³-hybridized carbons (Fsp3) is 0.786. The summed E-state index contributed by atoms with van der Waals surface area (Å²) in [6, 6.07) is 1.17. The maximum atomic E-state index is 4.50. The highest BCUT2D eigenvalue weighted by Crippen LogP contribution is 2.09. The number of rotatable bonds is 7. The quantitative estimate of drug-likeness (QED) is 0.810. The Morgan fingerprint density at radius 3 is 2.39 bits per heavy atom. The number of aromatic nitrogens is 2. The molecule has 0 aliphatic heterocycles. The van der Waals surface area contributed by atoms with Gasteiger partial charge >= 0.3 is 0 Å². The molecule has 1 N–H and O–H groups in total. The molecule has 4 heteroatoms. The van der Waals surface area contributed by atoms with E-state index in [2.05, 4.69) is 60.6 Å². The molecule has 4 nitrogen and oxygen atoms in total. The van der Waals surface area contributed by atoms with Gasteiger partial charge in [0.1, 0.15) is 0 Å². The summed E-state index contributed by atoms with van der Waals surface area (Å²) in [5.74, 6) is 0.988. The summed E-state index contributed by atoms with van der Waals surface area (Å²) in [4.78, 5) is 6.99. The van der Waals surface area contributed by atoms with E-state index in [1.165, 1.54) is 0 Å². The molecule has 0 aliphatic rings. The van der Waals surface area contributed by atoms with E-state index in [-0.39, 0.29) is 0 Å². The van der Waals surface area contributed by atoms with Crippen LogP contribution in [0.3, 0.4) is 0 Å². The van der Waals surface area contributed by atoms with E-state index >= 15 is 0 Å². The fourth-order valence-electron chi connectivity index (χ4n) is 2.34. The summed E-state index contributed by atoms with van der Waals surface area (Å²) in [5, 5.41) is 3.44. The second-order valence-corrected chi connectivity index (χ2v) is 5.34. The third-order valence-electron chi connectivity index (χ3n) is 3.22. The second kappa shape index (κ2) is 6.78. The smallest absolute Gasteiger partial charge is 0.203 e. The van der Waals surface area contributed by atoms with E-state index in [0.29, 0.717) is 12.1 Å². The van der Waals surface area contributed by atoms with Crippen molar-refractivity contribution >= 4 is 5.95 Å². The van der Waals surface area contributed by atoms with Gasteiger partial charge in [0.2, 0.25) is 5.95 Å². The molecule has 1 aromatic heterocycles. The summed E-state index contributed by atoms with van der Waals surface area (Å²) >= 11 is 0. The van der Waals surface area contributed by atoms with Gasteiger partial charge in [0.05, 0.1) is 5.69 Å². The molecule has 1 heterocycles. The Morgan fingerprint density at radius 1 is 1.28 bits per heavy atom. The van der Waals surface area contributed by atoms with E-state index in [9.17, 15) is 0 Å². The highest BCUT2D eigenvalue weighted by atomic mass is 15.2. The zero-order valence-electron chi connectivity index (χ0n) is 12.7. The minimum atomic E-state index is 0.583. The molecule has 0 atom stereocenters. The first-order chi connectivity index (χ1) is 8.45. The van der Waals surface area contributed by atoms with Crippen LogP contribution in [0.4, 0.5) is 5.95 Å². The molecule has 18 heavy (non-hydrogen) atoms. The first kappa shape index (κ1) is 15.0. The monoisotopic (exact) mass is 252 g/mol. The molecule has 0 amide bonds. The van der Waals surface area contributed by atoms with Gasteiger partial charge in [-0.25, -0.2) is 4.98 Å². The first-order valence-corrected chi connectivity index (χ1v) is 6.99. The van der Waals surface area contributed by atoms with Crippen LogP contribution in [0.1, 0.15) is 40.3 Å². The topological polar surface area (TPSA) is 33.1 Å². The number of nitrogens with one attached hydrogen (secondary N) is 1. The molecule has 0 spiro atoms. The van der Waals surface area contributed by atoms with Gasteiger partial charge < -0.3 is 9.88 Å². The first-order valence-electron chi connectivity index (χ1n) is 6.99. The van der Waals surface area contributed by atoms with Gasteiger partial charge in [-0.2, -0.15) is 0 Å². The van der Waals surface area contributed by atoms with Crippen molar-refractivity contribution in [3.8, 4) is 0 Å². The van der Waals surface area contributed by atoms with Crippen LogP contribution in [0.5, 0.6) is 0 Å². The van der Waals surface area contributed by atoms with Crippen molar-refractivity contribution in [2.24, 2.45) is 0 Å². The van der Waals surface area contributed by atoms with Gasteiger partial charge in [-0.3, -0.25) is 4.90 Å². The lowest BCUT2D eigenvalue weighted by Crippen LogP contribution is -2.40. The van der Waals surface area contributed by atoms with Gasteiger partial charge in [-0.15, -0.1) is 0 Å². The van der Waals surface area contributed by atoms with Crippen LogP contribution in [0.25, 0.3) is 0 Å². The van der Waals surface area contributed by atoms with Crippen LogP contribution in [-0.2, 0) is 6.54 Å². The summed E-state index contributed by atoms with van der Waals surface area (Å²) in [7, 11) is 0. The molecule has 0 bridgehead atoms. The van der Waals surface area contributed by atoms with E-state index in [4.69, 9.17) is 0 Å². The summed E-state index contributed by atoms with van der Waals surface area (Å²) in [5.41, 5.74) is 1.07. The number of nitrogens with zero attached hydrogens (tertiary/aromatic N) is 3. The zero-order chi connectivity index (χ0) is 13.7. The van der Waals surface area contributed by atoms with E-state index < -0.39 is 0 Å². The molecule has 1 aromatic rings. The van der Waals surface area contributed by atoms with E-state index in [1.54, 1.807) is 0 Å².